The lowest BCUT2D eigenvalue weighted by molar-refractivity contribution is -0.137. The van der Waals surface area contributed by atoms with Gasteiger partial charge in [0.25, 0.3) is 0 Å². The molecule has 5 nitrogen and oxygen atoms in total. The number of hydrogen-bond donors (Lipinski definition) is 1. The van der Waals surface area contributed by atoms with Crippen molar-refractivity contribution in [1.29, 1.82) is 5.26 Å². The van der Waals surface area contributed by atoms with Crippen LogP contribution in [-0.2, 0) is 13.2 Å². The quantitative estimate of drug-likeness (QED) is 0.401. The monoisotopic (exact) mass is 390 g/mol. The highest BCUT2D eigenvalue weighted by molar-refractivity contribution is 7.99. The molecule has 0 spiro atoms. The van der Waals surface area contributed by atoms with Crippen LogP contribution in [-0.4, -0.2) is 25.4 Å². The molecule has 3 rings (SSSR count). The second kappa shape index (κ2) is 7.32. The maximum Gasteiger partial charge on any atom is 0.417 e. The van der Waals surface area contributed by atoms with Crippen LogP contribution in [0.3, 0.4) is 0 Å². The molecule has 0 fully saturated rings. The number of aryl methyl sites for hydroxylation is 1. The summed E-state index contributed by atoms with van der Waals surface area (Å²) in [6.07, 6.45) is -3.72. The number of nitriles is 1. The molecule has 2 heterocycles. The molecule has 0 saturated heterocycles. The van der Waals surface area contributed by atoms with E-state index in [4.69, 9.17) is 0 Å². The minimum atomic E-state index is -4.45. The molecule has 0 aliphatic carbocycles. The van der Waals surface area contributed by atoms with Crippen LogP contribution in [0.25, 0.3) is 16.6 Å². The minimum Gasteiger partial charge on any atom is -0.510 e. The number of rotatable bonds is 4. The highest BCUT2D eigenvalue weighted by Crippen LogP contribution is 2.30. The van der Waals surface area contributed by atoms with E-state index in [0.717, 1.165) is 29.5 Å². The summed E-state index contributed by atoms with van der Waals surface area (Å²) in [4.78, 5) is 8.10. The summed E-state index contributed by atoms with van der Waals surface area (Å²) >= 11 is 1.02. The summed E-state index contributed by atoms with van der Waals surface area (Å²) in [5.74, 6) is 0.0737. The van der Waals surface area contributed by atoms with Gasteiger partial charge in [-0.25, -0.2) is 9.97 Å². The van der Waals surface area contributed by atoms with Gasteiger partial charge in [-0.3, -0.25) is 0 Å². The summed E-state index contributed by atoms with van der Waals surface area (Å²) in [5.41, 5.74) is 0.662. The first-order valence-corrected chi connectivity index (χ1v) is 8.70. The van der Waals surface area contributed by atoms with Crippen molar-refractivity contribution >= 4 is 28.4 Å². The van der Waals surface area contributed by atoms with Gasteiger partial charge in [-0.15, -0.1) is 0 Å². The van der Waals surface area contributed by atoms with Gasteiger partial charge in [0.2, 0.25) is 0 Å². The molecule has 0 saturated carbocycles. The summed E-state index contributed by atoms with van der Waals surface area (Å²) in [6.45, 7) is 0. The average molecular weight is 390 g/mol. The summed E-state index contributed by atoms with van der Waals surface area (Å²) in [7, 11) is 1.74. The molecule has 0 atom stereocenters. The molecule has 0 amide bonds. The lowest BCUT2D eigenvalue weighted by atomic mass is 10.2. The normalized spacial score (nSPS) is 12.7. The first-order chi connectivity index (χ1) is 12.8. The van der Waals surface area contributed by atoms with Crippen molar-refractivity contribution < 1.29 is 18.3 Å². The van der Waals surface area contributed by atoms with Gasteiger partial charge >= 0.3 is 6.18 Å². The third kappa shape index (κ3) is 3.90. The van der Waals surface area contributed by atoms with Crippen molar-refractivity contribution in [2.24, 2.45) is 7.05 Å². The number of benzene rings is 1. The number of alkyl halides is 3. The van der Waals surface area contributed by atoms with Crippen molar-refractivity contribution in [2.75, 3.05) is 5.75 Å². The molecule has 27 heavy (non-hydrogen) atoms. The van der Waals surface area contributed by atoms with E-state index in [1.807, 2.05) is 24.3 Å². The standard InChI is InChI=1S/C18H13F3N4OS/c1-25-14-5-3-2-4-13(14)24-17(25)12(8-22)15(26)10-27-16-7-6-11(9-23-16)18(19,20)21/h2-7,9,26H,10H2,1H3/b15-12-. The maximum atomic E-state index is 12.6. The molecule has 0 aliphatic heterocycles. The zero-order chi connectivity index (χ0) is 19.6. The van der Waals surface area contributed by atoms with Crippen LogP contribution in [0.2, 0.25) is 0 Å². The Labute approximate surface area is 156 Å². The number of nitrogens with zero attached hydrogens (tertiary/aromatic N) is 4. The Balaban J connectivity index is 1.83. The number of imidazole rings is 1. The van der Waals surface area contributed by atoms with Gasteiger partial charge in [0.15, 0.2) is 5.82 Å². The fourth-order valence-electron chi connectivity index (χ4n) is 2.46. The Morgan fingerprint density at radius 3 is 2.59 bits per heavy atom. The fraction of sp³-hybridized carbons (Fsp3) is 0.167. The molecule has 1 N–H and O–H groups in total. The summed E-state index contributed by atoms with van der Waals surface area (Å²) in [5, 5.41) is 20.1. The Morgan fingerprint density at radius 1 is 1.26 bits per heavy atom. The Bertz CT molecular complexity index is 1050. The van der Waals surface area contributed by atoms with Gasteiger partial charge in [-0.2, -0.15) is 18.4 Å². The van der Waals surface area contributed by atoms with Crippen LogP contribution >= 0.6 is 11.8 Å². The second-order valence-electron chi connectivity index (χ2n) is 5.59. The average Bonchev–Trinajstić information content (AvgIpc) is 2.97. The minimum absolute atomic E-state index is 0.00751. The van der Waals surface area contributed by atoms with E-state index >= 15 is 0 Å². The van der Waals surface area contributed by atoms with Gasteiger partial charge in [-0.05, 0) is 24.3 Å². The van der Waals surface area contributed by atoms with E-state index in [-0.39, 0.29) is 17.1 Å². The number of aromatic nitrogens is 3. The maximum absolute atomic E-state index is 12.6. The number of para-hydroxylation sites is 2. The molecule has 0 aliphatic rings. The van der Waals surface area contributed by atoms with Gasteiger partial charge in [-0.1, -0.05) is 23.9 Å². The van der Waals surface area contributed by atoms with E-state index in [1.54, 1.807) is 17.7 Å². The lowest BCUT2D eigenvalue weighted by Crippen LogP contribution is -2.05. The number of halogens is 3. The van der Waals surface area contributed by atoms with Crippen LogP contribution in [0.15, 0.2) is 53.4 Å². The van der Waals surface area contributed by atoms with Crippen LogP contribution in [0.4, 0.5) is 13.2 Å². The highest BCUT2D eigenvalue weighted by atomic mass is 32.2. The van der Waals surface area contributed by atoms with Gasteiger partial charge in [0.1, 0.15) is 17.4 Å². The van der Waals surface area contributed by atoms with Crippen molar-refractivity contribution in [1.82, 2.24) is 14.5 Å². The molecular weight excluding hydrogens is 377 g/mol. The molecule has 1 aromatic carbocycles. The van der Waals surface area contributed by atoms with Crippen molar-refractivity contribution in [3.63, 3.8) is 0 Å². The van der Waals surface area contributed by atoms with Gasteiger partial charge in [0, 0.05) is 13.2 Å². The number of aliphatic hydroxyl groups is 1. The zero-order valence-electron chi connectivity index (χ0n) is 14.0. The van der Waals surface area contributed by atoms with E-state index in [0.29, 0.717) is 16.4 Å². The Morgan fingerprint density at radius 2 is 2.00 bits per heavy atom. The number of thioether (sulfide) groups is 1. The molecule has 3 aromatic rings. The second-order valence-corrected chi connectivity index (χ2v) is 6.58. The third-order valence-electron chi connectivity index (χ3n) is 3.83. The van der Waals surface area contributed by atoms with Crippen LogP contribution in [0.1, 0.15) is 11.4 Å². The van der Waals surface area contributed by atoms with E-state index < -0.39 is 11.7 Å². The Hall–Kier alpha value is -2.99. The molecule has 138 valence electrons. The third-order valence-corrected chi connectivity index (χ3v) is 4.79. The van der Waals surface area contributed by atoms with Crippen molar-refractivity contribution in [2.45, 2.75) is 11.2 Å². The lowest BCUT2D eigenvalue weighted by Gasteiger charge is -2.07. The van der Waals surface area contributed by atoms with Crippen LogP contribution < -0.4 is 0 Å². The molecule has 0 radical (unpaired) electrons. The largest absolute Gasteiger partial charge is 0.510 e. The number of hydrogen-bond acceptors (Lipinski definition) is 5. The van der Waals surface area contributed by atoms with E-state index in [9.17, 15) is 23.5 Å². The SMILES string of the molecule is Cn1c(/C(C#N)=C(\O)CSc2ccc(C(F)(F)F)cn2)nc2ccccc21. The number of allylic oxidation sites excluding steroid dienone is 1. The number of aliphatic hydroxyl groups excluding tert-OH is 1. The van der Waals surface area contributed by atoms with Crippen LogP contribution in [0, 0.1) is 11.3 Å². The van der Waals surface area contributed by atoms with Crippen LogP contribution in [0.5, 0.6) is 0 Å². The first kappa shape index (κ1) is 18.8. The molecule has 2 aromatic heterocycles. The van der Waals surface area contributed by atoms with Gasteiger partial charge in [0.05, 0.1) is 27.4 Å². The van der Waals surface area contributed by atoms with Crippen molar-refractivity contribution in [3.05, 3.63) is 59.7 Å². The Kier molecular flexibility index (Phi) is 5.10. The zero-order valence-corrected chi connectivity index (χ0v) is 14.8. The highest BCUT2D eigenvalue weighted by Gasteiger charge is 2.30. The molecule has 0 bridgehead atoms. The number of pyridine rings is 1. The van der Waals surface area contributed by atoms with Crippen molar-refractivity contribution in [3.8, 4) is 6.07 Å². The number of fused-ring (bicyclic) bond motifs is 1. The predicted molar refractivity (Wildman–Crippen MR) is 95.8 cm³/mol. The predicted octanol–water partition coefficient (Wildman–Crippen LogP) is 4.57. The fourth-order valence-corrected chi connectivity index (χ4v) is 3.18. The molecular formula is C18H13F3N4OS. The first-order valence-electron chi connectivity index (χ1n) is 7.71. The molecule has 9 heteroatoms. The topological polar surface area (TPSA) is 74.7 Å². The van der Waals surface area contributed by atoms with Gasteiger partial charge < -0.3 is 9.67 Å². The molecule has 0 unspecified atom stereocenters. The van der Waals surface area contributed by atoms with E-state index in [1.165, 1.54) is 6.07 Å². The van der Waals surface area contributed by atoms with E-state index in [2.05, 4.69) is 9.97 Å². The summed E-state index contributed by atoms with van der Waals surface area (Å²) < 4.78 is 39.4. The summed E-state index contributed by atoms with van der Waals surface area (Å²) in [6, 6.07) is 11.4. The smallest absolute Gasteiger partial charge is 0.417 e.